The standard InChI is InChI=1S/C15H21NO6/c1-15(2,3)22-14(20)16(4)8-9-6-10(17)7-11(18)12(9)13(19)21-5/h6-7,17-18H,8H2,1-5H3. The highest BCUT2D eigenvalue weighted by molar-refractivity contribution is 5.94. The maximum Gasteiger partial charge on any atom is 0.410 e. The lowest BCUT2D eigenvalue weighted by Crippen LogP contribution is -2.34. The maximum atomic E-state index is 11.9. The van der Waals surface area contributed by atoms with Gasteiger partial charge >= 0.3 is 12.1 Å². The molecule has 0 atom stereocenters. The fourth-order valence-corrected chi connectivity index (χ4v) is 1.79. The summed E-state index contributed by atoms with van der Waals surface area (Å²) in [5, 5.41) is 19.4. The summed E-state index contributed by atoms with van der Waals surface area (Å²) >= 11 is 0. The number of phenolic OH excluding ortho intramolecular Hbond substituents is 2. The molecule has 22 heavy (non-hydrogen) atoms. The summed E-state index contributed by atoms with van der Waals surface area (Å²) in [5.41, 5.74) is -0.509. The molecule has 0 radical (unpaired) electrons. The number of aromatic hydroxyl groups is 2. The van der Waals surface area contributed by atoms with Gasteiger partial charge in [0.05, 0.1) is 7.11 Å². The van der Waals surface area contributed by atoms with Gasteiger partial charge in [0.25, 0.3) is 0 Å². The minimum Gasteiger partial charge on any atom is -0.508 e. The van der Waals surface area contributed by atoms with Gasteiger partial charge < -0.3 is 24.6 Å². The van der Waals surface area contributed by atoms with Crippen LogP contribution in [0.1, 0.15) is 36.7 Å². The molecule has 0 saturated heterocycles. The second kappa shape index (κ2) is 6.55. The van der Waals surface area contributed by atoms with E-state index in [4.69, 9.17) is 4.74 Å². The van der Waals surface area contributed by atoms with Crippen molar-refractivity contribution >= 4 is 12.1 Å². The van der Waals surface area contributed by atoms with Crippen molar-refractivity contribution in [1.82, 2.24) is 4.90 Å². The van der Waals surface area contributed by atoms with E-state index >= 15 is 0 Å². The Morgan fingerprint density at radius 1 is 1.23 bits per heavy atom. The second-order valence-electron chi connectivity index (χ2n) is 5.83. The zero-order valence-electron chi connectivity index (χ0n) is 13.3. The monoisotopic (exact) mass is 311 g/mol. The van der Waals surface area contributed by atoms with Crippen LogP contribution in [-0.2, 0) is 16.0 Å². The number of nitrogens with zero attached hydrogens (tertiary/aromatic N) is 1. The van der Waals surface area contributed by atoms with Crippen LogP contribution in [0.3, 0.4) is 0 Å². The number of carbonyl (C=O) groups is 2. The molecule has 2 N–H and O–H groups in total. The fraction of sp³-hybridized carbons (Fsp3) is 0.467. The third kappa shape index (κ3) is 4.54. The molecule has 0 aliphatic heterocycles. The average Bonchev–Trinajstić information content (AvgIpc) is 2.35. The number of ether oxygens (including phenoxy) is 2. The number of carbonyl (C=O) groups excluding carboxylic acids is 2. The Labute approximate surface area is 129 Å². The Balaban J connectivity index is 3.06. The van der Waals surface area contributed by atoms with E-state index in [1.165, 1.54) is 25.1 Å². The van der Waals surface area contributed by atoms with Crippen LogP contribution < -0.4 is 0 Å². The molecule has 0 fully saturated rings. The highest BCUT2D eigenvalue weighted by atomic mass is 16.6. The van der Waals surface area contributed by atoms with Gasteiger partial charge in [-0.3, -0.25) is 0 Å². The summed E-state index contributed by atoms with van der Waals surface area (Å²) in [6, 6.07) is 2.32. The molecule has 1 aromatic carbocycles. The third-order valence-corrected chi connectivity index (χ3v) is 2.69. The number of hydrogen-bond donors (Lipinski definition) is 2. The number of amides is 1. The number of esters is 1. The summed E-state index contributed by atoms with van der Waals surface area (Å²) in [6.45, 7) is 5.16. The zero-order valence-corrected chi connectivity index (χ0v) is 13.3. The SMILES string of the molecule is COC(=O)c1c(O)cc(O)cc1CN(C)C(=O)OC(C)(C)C. The molecule has 0 saturated carbocycles. The van der Waals surface area contributed by atoms with Crippen molar-refractivity contribution < 1.29 is 29.3 Å². The molecule has 1 rings (SSSR count). The van der Waals surface area contributed by atoms with Crippen LogP contribution in [0.25, 0.3) is 0 Å². The number of rotatable bonds is 3. The van der Waals surface area contributed by atoms with Crippen molar-refractivity contribution in [1.29, 1.82) is 0 Å². The predicted molar refractivity (Wildman–Crippen MR) is 78.8 cm³/mol. The van der Waals surface area contributed by atoms with Gasteiger partial charge in [-0.25, -0.2) is 9.59 Å². The van der Waals surface area contributed by atoms with Crippen molar-refractivity contribution in [2.45, 2.75) is 32.9 Å². The number of phenols is 2. The molecular weight excluding hydrogens is 290 g/mol. The normalized spacial score (nSPS) is 11.0. The van der Waals surface area contributed by atoms with Crippen molar-refractivity contribution in [3.63, 3.8) is 0 Å². The first-order valence-corrected chi connectivity index (χ1v) is 6.62. The van der Waals surface area contributed by atoms with E-state index in [9.17, 15) is 19.8 Å². The average molecular weight is 311 g/mol. The lowest BCUT2D eigenvalue weighted by Gasteiger charge is -2.25. The van der Waals surface area contributed by atoms with Gasteiger partial charge in [0, 0.05) is 19.7 Å². The molecule has 0 heterocycles. The first kappa shape index (κ1) is 17.6. The van der Waals surface area contributed by atoms with Gasteiger partial charge in [-0.1, -0.05) is 0 Å². The molecule has 0 unspecified atom stereocenters. The summed E-state index contributed by atoms with van der Waals surface area (Å²) in [7, 11) is 2.66. The molecule has 1 amide bonds. The molecule has 0 aliphatic rings. The van der Waals surface area contributed by atoms with Crippen LogP contribution in [0.4, 0.5) is 4.79 Å². The maximum absolute atomic E-state index is 11.9. The molecule has 7 heteroatoms. The van der Waals surface area contributed by atoms with E-state index in [2.05, 4.69) is 4.74 Å². The topological polar surface area (TPSA) is 96.3 Å². The van der Waals surface area contributed by atoms with Crippen LogP contribution in [0, 0.1) is 0 Å². The zero-order chi connectivity index (χ0) is 17.1. The van der Waals surface area contributed by atoms with Crippen LogP contribution in [0.5, 0.6) is 11.5 Å². The highest BCUT2D eigenvalue weighted by Gasteiger charge is 2.23. The first-order valence-electron chi connectivity index (χ1n) is 6.62. The first-order chi connectivity index (χ1) is 10.0. The highest BCUT2D eigenvalue weighted by Crippen LogP contribution is 2.29. The van der Waals surface area contributed by atoms with Gasteiger partial charge in [-0.15, -0.1) is 0 Å². The molecule has 0 spiro atoms. The van der Waals surface area contributed by atoms with Gasteiger partial charge in [0.2, 0.25) is 0 Å². The molecule has 122 valence electrons. The van der Waals surface area contributed by atoms with E-state index in [0.717, 1.165) is 6.07 Å². The van der Waals surface area contributed by atoms with Crippen LogP contribution >= 0.6 is 0 Å². The molecule has 7 nitrogen and oxygen atoms in total. The summed E-state index contributed by atoms with van der Waals surface area (Å²) in [5.74, 6) is -1.40. The summed E-state index contributed by atoms with van der Waals surface area (Å²) in [4.78, 5) is 24.9. The minimum atomic E-state index is -0.759. The summed E-state index contributed by atoms with van der Waals surface area (Å²) < 4.78 is 9.81. The largest absolute Gasteiger partial charge is 0.508 e. The molecule has 0 aliphatic carbocycles. The molecule has 0 aromatic heterocycles. The number of methoxy groups -OCH3 is 1. The predicted octanol–water partition coefficient (Wildman–Crippen LogP) is 2.25. The Morgan fingerprint density at radius 3 is 2.32 bits per heavy atom. The lowest BCUT2D eigenvalue weighted by molar-refractivity contribution is 0.0282. The smallest absolute Gasteiger partial charge is 0.410 e. The third-order valence-electron chi connectivity index (χ3n) is 2.69. The van der Waals surface area contributed by atoms with E-state index in [1.807, 2.05) is 0 Å². The Bertz CT molecular complexity index is 576. The molecular formula is C15H21NO6. The van der Waals surface area contributed by atoms with Gasteiger partial charge in [-0.05, 0) is 32.4 Å². The van der Waals surface area contributed by atoms with Crippen molar-refractivity contribution in [2.24, 2.45) is 0 Å². The van der Waals surface area contributed by atoms with E-state index < -0.39 is 23.4 Å². The van der Waals surface area contributed by atoms with Gasteiger partial charge in [0.1, 0.15) is 22.7 Å². The van der Waals surface area contributed by atoms with Crippen molar-refractivity contribution in [2.75, 3.05) is 14.2 Å². The van der Waals surface area contributed by atoms with E-state index in [-0.39, 0.29) is 23.4 Å². The fourth-order valence-electron chi connectivity index (χ4n) is 1.79. The molecule has 0 bridgehead atoms. The van der Waals surface area contributed by atoms with Crippen LogP contribution in [0.2, 0.25) is 0 Å². The Kier molecular flexibility index (Phi) is 5.24. The van der Waals surface area contributed by atoms with Gasteiger partial charge in [-0.2, -0.15) is 0 Å². The summed E-state index contributed by atoms with van der Waals surface area (Å²) in [6.07, 6.45) is -0.592. The van der Waals surface area contributed by atoms with Crippen LogP contribution in [-0.4, -0.2) is 46.9 Å². The quantitative estimate of drug-likeness (QED) is 0.831. The second-order valence-corrected chi connectivity index (χ2v) is 5.83. The molecule has 1 aromatic rings. The number of benzene rings is 1. The number of hydrogen-bond acceptors (Lipinski definition) is 6. The van der Waals surface area contributed by atoms with E-state index in [0.29, 0.717) is 0 Å². The van der Waals surface area contributed by atoms with Gasteiger partial charge in [0.15, 0.2) is 0 Å². The Hall–Kier alpha value is -2.44. The van der Waals surface area contributed by atoms with Crippen molar-refractivity contribution in [3.8, 4) is 11.5 Å². The Morgan fingerprint density at radius 2 is 1.82 bits per heavy atom. The van der Waals surface area contributed by atoms with Crippen LogP contribution in [0.15, 0.2) is 12.1 Å². The lowest BCUT2D eigenvalue weighted by atomic mass is 10.1. The van der Waals surface area contributed by atoms with E-state index in [1.54, 1.807) is 20.8 Å². The minimum absolute atomic E-state index is 0.0404. The van der Waals surface area contributed by atoms with Crippen molar-refractivity contribution in [3.05, 3.63) is 23.3 Å².